The molecule has 1 rings (SSSR count). The fourth-order valence-electron chi connectivity index (χ4n) is 1.29. The third-order valence-corrected chi connectivity index (χ3v) is 3.92. The van der Waals surface area contributed by atoms with Crippen molar-refractivity contribution >= 4 is 10.0 Å². The van der Waals surface area contributed by atoms with Crippen LogP contribution in [-0.4, -0.2) is 19.3 Å². The largest absolute Gasteiger partial charge is 0.270 e. The van der Waals surface area contributed by atoms with Crippen molar-refractivity contribution in [3.63, 3.8) is 0 Å². The zero-order chi connectivity index (χ0) is 12.2. The smallest absolute Gasteiger partial charge is 0.225 e. The average Bonchev–Trinajstić information content (AvgIpc) is 2.26. The second kappa shape index (κ2) is 5.04. The van der Waals surface area contributed by atoms with Crippen LogP contribution in [0.3, 0.4) is 0 Å². The summed E-state index contributed by atoms with van der Waals surface area (Å²) in [6.45, 7) is 4.13. The predicted molar refractivity (Wildman–Crippen MR) is 64.2 cm³/mol. The Hall–Kier alpha value is -1.47. The minimum Gasteiger partial charge on any atom is -0.225 e. The maximum Gasteiger partial charge on any atom is 0.270 e. The van der Waals surface area contributed by atoms with Crippen LogP contribution >= 0.6 is 0 Å². The molecule has 0 radical (unpaired) electrons. The molecule has 86 valence electrons. The molecular formula is C12H15NO2S. The highest BCUT2D eigenvalue weighted by molar-refractivity contribution is 7.89. The van der Waals surface area contributed by atoms with Gasteiger partial charge >= 0.3 is 0 Å². The summed E-state index contributed by atoms with van der Waals surface area (Å²) >= 11 is 0. The Balaban J connectivity index is 3.11. The molecule has 1 aromatic rings. The molecule has 0 N–H and O–H groups in total. The number of benzene rings is 1. The second-order valence-corrected chi connectivity index (χ2v) is 5.38. The maximum atomic E-state index is 12.0. The summed E-state index contributed by atoms with van der Waals surface area (Å²) in [6, 6.07) is 8.86. The van der Waals surface area contributed by atoms with Crippen LogP contribution in [0.15, 0.2) is 29.2 Å². The van der Waals surface area contributed by atoms with Gasteiger partial charge in [-0.2, -0.15) is 0 Å². The van der Waals surface area contributed by atoms with E-state index in [-0.39, 0.29) is 4.90 Å². The number of sulfonamides is 1. The molecule has 0 bridgehead atoms. The molecule has 0 aliphatic rings. The summed E-state index contributed by atoms with van der Waals surface area (Å²) in [5.41, 5.74) is 1.02. The van der Waals surface area contributed by atoms with E-state index in [2.05, 4.69) is 6.04 Å². The van der Waals surface area contributed by atoms with Crippen molar-refractivity contribution in [3.8, 4) is 12.5 Å². The van der Waals surface area contributed by atoms with Gasteiger partial charge in [-0.1, -0.05) is 31.0 Å². The Morgan fingerprint density at radius 3 is 2.31 bits per heavy atom. The fourth-order valence-corrected chi connectivity index (χ4v) is 2.59. The first-order chi connectivity index (χ1) is 7.52. The average molecular weight is 237 g/mol. The molecule has 0 fully saturated rings. The summed E-state index contributed by atoms with van der Waals surface area (Å²) in [5, 5.41) is 0. The van der Waals surface area contributed by atoms with E-state index in [0.717, 1.165) is 9.87 Å². The summed E-state index contributed by atoms with van der Waals surface area (Å²) in [4.78, 5) is 0.240. The van der Waals surface area contributed by atoms with Gasteiger partial charge in [0.25, 0.3) is 10.0 Å². The summed E-state index contributed by atoms with van der Waals surface area (Å²) in [6.07, 6.45) is 5.90. The van der Waals surface area contributed by atoms with Gasteiger partial charge in [-0.05, 0) is 25.5 Å². The molecule has 3 nitrogen and oxygen atoms in total. The van der Waals surface area contributed by atoms with Gasteiger partial charge in [0, 0.05) is 12.6 Å². The second-order valence-electron chi connectivity index (χ2n) is 3.52. The number of hydrogen-bond acceptors (Lipinski definition) is 2. The zero-order valence-electron chi connectivity index (χ0n) is 9.47. The van der Waals surface area contributed by atoms with Gasteiger partial charge in [-0.3, -0.25) is 0 Å². The Bertz CT molecular complexity index is 483. The first-order valence-electron chi connectivity index (χ1n) is 5.08. The van der Waals surface area contributed by atoms with Gasteiger partial charge in [-0.15, -0.1) is 0 Å². The SMILES string of the molecule is C#CN(CCC)S(=O)(=O)c1ccc(C)cc1. The topological polar surface area (TPSA) is 37.4 Å². The minimum absolute atomic E-state index is 0.240. The predicted octanol–water partition coefficient (Wildman–Crippen LogP) is 1.99. The molecule has 0 aliphatic carbocycles. The monoisotopic (exact) mass is 237 g/mol. The number of hydrogen-bond donors (Lipinski definition) is 0. The third-order valence-electron chi connectivity index (χ3n) is 2.18. The van der Waals surface area contributed by atoms with Crippen LogP contribution < -0.4 is 0 Å². The van der Waals surface area contributed by atoms with E-state index in [4.69, 9.17) is 6.42 Å². The fraction of sp³-hybridized carbons (Fsp3) is 0.333. The number of nitrogens with zero attached hydrogens (tertiary/aromatic N) is 1. The van der Waals surface area contributed by atoms with E-state index in [0.29, 0.717) is 13.0 Å². The highest BCUT2D eigenvalue weighted by atomic mass is 32.2. The minimum atomic E-state index is -3.53. The maximum absolute atomic E-state index is 12.0. The molecule has 0 saturated carbocycles. The molecule has 0 aromatic heterocycles. The van der Waals surface area contributed by atoms with E-state index >= 15 is 0 Å². The van der Waals surface area contributed by atoms with Gasteiger partial charge in [0.15, 0.2) is 0 Å². The molecule has 0 spiro atoms. The standard InChI is InChI=1S/C12H15NO2S/c1-4-10-13(5-2)16(14,15)12-8-6-11(3)7-9-12/h2,6-9H,4,10H2,1,3H3. The number of terminal acetylenes is 1. The van der Waals surface area contributed by atoms with Crippen molar-refractivity contribution in [3.05, 3.63) is 29.8 Å². The van der Waals surface area contributed by atoms with Gasteiger partial charge in [0.05, 0.1) is 4.90 Å². The molecule has 0 aliphatic heterocycles. The van der Waals surface area contributed by atoms with Gasteiger partial charge in [0.1, 0.15) is 0 Å². The van der Waals surface area contributed by atoms with Crippen LogP contribution in [0, 0.1) is 19.4 Å². The molecular weight excluding hydrogens is 222 g/mol. The molecule has 4 heteroatoms. The number of aryl methyl sites for hydroxylation is 1. The Morgan fingerprint density at radius 2 is 1.88 bits per heavy atom. The normalized spacial score (nSPS) is 10.8. The first kappa shape index (κ1) is 12.6. The molecule has 0 atom stereocenters. The third kappa shape index (κ3) is 2.56. The van der Waals surface area contributed by atoms with Crippen molar-refractivity contribution in [2.75, 3.05) is 6.54 Å². The lowest BCUT2D eigenvalue weighted by Crippen LogP contribution is -2.27. The highest BCUT2D eigenvalue weighted by Gasteiger charge is 2.20. The van der Waals surface area contributed by atoms with Crippen LogP contribution in [0.1, 0.15) is 18.9 Å². The first-order valence-corrected chi connectivity index (χ1v) is 6.52. The summed E-state index contributed by atoms with van der Waals surface area (Å²) in [7, 11) is -3.53. The van der Waals surface area contributed by atoms with Crippen molar-refractivity contribution in [2.45, 2.75) is 25.2 Å². The Kier molecular flexibility index (Phi) is 3.97. The van der Waals surface area contributed by atoms with Crippen LogP contribution in [0.2, 0.25) is 0 Å². The quantitative estimate of drug-likeness (QED) is 0.593. The molecule has 0 amide bonds. The molecule has 0 unspecified atom stereocenters. The van der Waals surface area contributed by atoms with Crippen molar-refractivity contribution in [1.29, 1.82) is 0 Å². The van der Waals surface area contributed by atoms with Crippen LogP contribution in [0.5, 0.6) is 0 Å². The van der Waals surface area contributed by atoms with E-state index in [1.165, 1.54) is 0 Å². The van der Waals surface area contributed by atoms with Crippen LogP contribution in [0.4, 0.5) is 0 Å². The van der Waals surface area contributed by atoms with E-state index in [1.807, 2.05) is 13.8 Å². The van der Waals surface area contributed by atoms with Gasteiger partial charge < -0.3 is 0 Å². The lowest BCUT2D eigenvalue weighted by Gasteiger charge is -2.16. The van der Waals surface area contributed by atoms with Crippen LogP contribution in [0.25, 0.3) is 0 Å². The van der Waals surface area contributed by atoms with Gasteiger partial charge in [0.2, 0.25) is 0 Å². The van der Waals surface area contributed by atoms with Crippen LogP contribution in [-0.2, 0) is 10.0 Å². The van der Waals surface area contributed by atoms with Crippen molar-refractivity contribution in [2.24, 2.45) is 0 Å². The molecule has 0 heterocycles. The summed E-state index contributed by atoms with van der Waals surface area (Å²) < 4.78 is 25.1. The van der Waals surface area contributed by atoms with Crippen molar-refractivity contribution < 1.29 is 8.42 Å². The van der Waals surface area contributed by atoms with E-state index in [1.54, 1.807) is 24.3 Å². The van der Waals surface area contributed by atoms with E-state index < -0.39 is 10.0 Å². The molecule has 0 saturated heterocycles. The van der Waals surface area contributed by atoms with Gasteiger partial charge in [-0.25, -0.2) is 12.7 Å². The molecule has 16 heavy (non-hydrogen) atoms. The molecule has 1 aromatic carbocycles. The summed E-state index contributed by atoms with van der Waals surface area (Å²) in [5.74, 6) is 0. The number of rotatable bonds is 4. The van der Waals surface area contributed by atoms with Crippen molar-refractivity contribution in [1.82, 2.24) is 4.31 Å². The Morgan fingerprint density at radius 1 is 1.31 bits per heavy atom. The Labute approximate surface area is 97.1 Å². The van der Waals surface area contributed by atoms with E-state index in [9.17, 15) is 8.42 Å². The zero-order valence-corrected chi connectivity index (χ0v) is 10.3. The lowest BCUT2D eigenvalue weighted by atomic mass is 10.2. The lowest BCUT2D eigenvalue weighted by molar-refractivity contribution is 0.509. The highest BCUT2D eigenvalue weighted by Crippen LogP contribution is 2.15.